The van der Waals surface area contributed by atoms with Crippen LogP contribution in [0.25, 0.3) is 10.9 Å². The quantitative estimate of drug-likeness (QED) is 0.879. The van der Waals surface area contributed by atoms with Gasteiger partial charge in [0.25, 0.3) is 5.91 Å². The molecule has 1 amide bonds. The number of nitrogens with one attached hydrogen (secondary N) is 1. The number of amides is 1. The zero-order valence-electron chi connectivity index (χ0n) is 11.0. The van der Waals surface area contributed by atoms with E-state index in [9.17, 15) is 9.90 Å². The summed E-state index contributed by atoms with van der Waals surface area (Å²) in [6, 6.07) is 6.93. The van der Waals surface area contributed by atoms with Crippen LogP contribution < -0.4 is 5.32 Å². The first-order valence-corrected chi connectivity index (χ1v) is 6.49. The molecule has 1 heterocycles. The van der Waals surface area contributed by atoms with Crippen LogP contribution in [0.1, 0.15) is 10.4 Å². The fraction of sp³-hybridized carbons (Fsp3) is 0.286. The van der Waals surface area contributed by atoms with E-state index in [1.54, 1.807) is 24.4 Å². The topological polar surface area (TPSA) is 71.5 Å². The van der Waals surface area contributed by atoms with Crippen LogP contribution in [0.15, 0.2) is 30.5 Å². The van der Waals surface area contributed by atoms with Crippen molar-refractivity contribution in [2.75, 3.05) is 20.3 Å². The van der Waals surface area contributed by atoms with Crippen LogP contribution in [0.2, 0.25) is 5.02 Å². The number of halogens is 1. The zero-order valence-corrected chi connectivity index (χ0v) is 11.7. The maximum atomic E-state index is 12.2. The summed E-state index contributed by atoms with van der Waals surface area (Å²) in [4.78, 5) is 16.4. The first-order valence-electron chi connectivity index (χ1n) is 6.11. The number of methoxy groups -OCH3 is 1. The Morgan fingerprint density at radius 2 is 2.35 bits per heavy atom. The van der Waals surface area contributed by atoms with Crippen LogP contribution in [-0.2, 0) is 4.74 Å². The fourth-order valence-corrected chi connectivity index (χ4v) is 2.11. The van der Waals surface area contributed by atoms with Crippen molar-refractivity contribution in [2.45, 2.75) is 6.10 Å². The van der Waals surface area contributed by atoms with Gasteiger partial charge >= 0.3 is 0 Å². The molecule has 106 valence electrons. The molecular weight excluding hydrogens is 280 g/mol. The number of carbonyl (C=O) groups is 1. The van der Waals surface area contributed by atoms with Crippen LogP contribution in [0.5, 0.6) is 0 Å². The molecule has 0 aliphatic carbocycles. The lowest BCUT2D eigenvalue weighted by molar-refractivity contribution is 0.0610. The summed E-state index contributed by atoms with van der Waals surface area (Å²) in [7, 11) is 1.49. The van der Waals surface area contributed by atoms with Gasteiger partial charge in [-0.15, -0.1) is 0 Å². The first kappa shape index (κ1) is 14.7. The van der Waals surface area contributed by atoms with Gasteiger partial charge in [-0.3, -0.25) is 9.78 Å². The summed E-state index contributed by atoms with van der Waals surface area (Å²) in [6.07, 6.45) is 0.870. The number of aliphatic hydroxyl groups excluding tert-OH is 1. The molecule has 0 saturated carbocycles. The Balaban J connectivity index is 2.21. The van der Waals surface area contributed by atoms with Crippen LogP contribution in [-0.4, -0.2) is 42.4 Å². The third-order valence-electron chi connectivity index (χ3n) is 2.77. The highest BCUT2D eigenvalue weighted by Crippen LogP contribution is 2.22. The van der Waals surface area contributed by atoms with Gasteiger partial charge < -0.3 is 15.2 Å². The van der Waals surface area contributed by atoms with Gasteiger partial charge in [-0.05, 0) is 18.2 Å². The summed E-state index contributed by atoms with van der Waals surface area (Å²) >= 11 is 6.00. The van der Waals surface area contributed by atoms with Crippen molar-refractivity contribution in [3.05, 3.63) is 41.0 Å². The molecule has 2 rings (SSSR count). The number of benzene rings is 1. The summed E-state index contributed by atoms with van der Waals surface area (Å²) in [5, 5.41) is 13.4. The molecule has 20 heavy (non-hydrogen) atoms. The predicted octanol–water partition coefficient (Wildman–Crippen LogP) is 1.63. The number of ether oxygens (including phenoxy) is 1. The number of carbonyl (C=O) groups excluding carboxylic acids is 1. The molecule has 1 unspecified atom stereocenters. The van der Waals surface area contributed by atoms with Gasteiger partial charge in [-0.25, -0.2) is 0 Å². The fourth-order valence-electron chi connectivity index (χ4n) is 1.89. The predicted molar refractivity (Wildman–Crippen MR) is 77.0 cm³/mol. The lowest BCUT2D eigenvalue weighted by Gasteiger charge is -2.12. The van der Waals surface area contributed by atoms with Crippen molar-refractivity contribution in [3.63, 3.8) is 0 Å². The smallest absolute Gasteiger partial charge is 0.253 e. The van der Waals surface area contributed by atoms with Gasteiger partial charge in [-0.2, -0.15) is 0 Å². The van der Waals surface area contributed by atoms with E-state index in [0.29, 0.717) is 16.1 Å². The van der Waals surface area contributed by atoms with Crippen LogP contribution in [0.3, 0.4) is 0 Å². The summed E-state index contributed by atoms with van der Waals surface area (Å²) < 4.78 is 4.80. The van der Waals surface area contributed by atoms with E-state index in [-0.39, 0.29) is 19.1 Å². The third-order valence-corrected chi connectivity index (χ3v) is 2.99. The minimum absolute atomic E-state index is 0.105. The monoisotopic (exact) mass is 294 g/mol. The average Bonchev–Trinajstić information content (AvgIpc) is 2.44. The Hall–Kier alpha value is -1.69. The molecular formula is C14H15ClN2O3. The van der Waals surface area contributed by atoms with E-state index in [4.69, 9.17) is 16.3 Å². The first-order chi connectivity index (χ1) is 9.61. The summed E-state index contributed by atoms with van der Waals surface area (Å²) in [6.45, 7) is 0.266. The lowest BCUT2D eigenvalue weighted by Crippen LogP contribution is -2.34. The van der Waals surface area contributed by atoms with Crippen molar-refractivity contribution < 1.29 is 14.6 Å². The normalized spacial score (nSPS) is 12.3. The van der Waals surface area contributed by atoms with Crippen LogP contribution in [0.4, 0.5) is 0 Å². The molecule has 1 aromatic heterocycles. The number of aliphatic hydroxyl groups is 1. The second kappa shape index (κ2) is 6.65. The lowest BCUT2D eigenvalue weighted by atomic mass is 10.1. The standard InChI is InChI=1S/C14H15ClN2O3/c1-20-8-11(18)7-17-14(19)12-6-10(15)5-9-3-2-4-16-13(9)12/h2-6,11,18H,7-8H2,1H3,(H,17,19). The van der Waals surface area contributed by atoms with E-state index >= 15 is 0 Å². The van der Waals surface area contributed by atoms with Crippen molar-refractivity contribution >= 4 is 28.4 Å². The Morgan fingerprint density at radius 3 is 3.10 bits per heavy atom. The van der Waals surface area contributed by atoms with Crippen molar-refractivity contribution in [2.24, 2.45) is 0 Å². The Kier molecular flexibility index (Phi) is 4.89. The number of hydrogen-bond donors (Lipinski definition) is 2. The minimum atomic E-state index is -0.748. The molecule has 5 nitrogen and oxygen atoms in total. The van der Waals surface area contributed by atoms with E-state index < -0.39 is 6.10 Å². The van der Waals surface area contributed by atoms with Crippen LogP contribution >= 0.6 is 11.6 Å². The molecule has 0 aliphatic rings. The number of nitrogens with zero attached hydrogens (tertiary/aromatic N) is 1. The molecule has 0 spiro atoms. The van der Waals surface area contributed by atoms with Crippen molar-refractivity contribution in [3.8, 4) is 0 Å². The summed E-state index contributed by atoms with van der Waals surface area (Å²) in [5.41, 5.74) is 0.966. The largest absolute Gasteiger partial charge is 0.389 e. The maximum absolute atomic E-state index is 12.2. The second-order valence-electron chi connectivity index (χ2n) is 4.35. The number of hydrogen-bond acceptors (Lipinski definition) is 4. The molecule has 2 N–H and O–H groups in total. The van der Waals surface area contributed by atoms with Gasteiger partial charge in [-0.1, -0.05) is 17.7 Å². The third kappa shape index (κ3) is 3.45. The Bertz CT molecular complexity index is 618. The number of pyridine rings is 1. The highest BCUT2D eigenvalue weighted by Gasteiger charge is 2.13. The van der Waals surface area contributed by atoms with Crippen molar-refractivity contribution in [1.29, 1.82) is 0 Å². The number of aromatic nitrogens is 1. The maximum Gasteiger partial charge on any atom is 0.253 e. The molecule has 1 atom stereocenters. The molecule has 1 aromatic carbocycles. The average molecular weight is 295 g/mol. The van der Waals surface area contributed by atoms with Crippen LogP contribution in [0, 0.1) is 0 Å². The highest BCUT2D eigenvalue weighted by atomic mass is 35.5. The molecule has 0 bridgehead atoms. The van der Waals surface area contributed by atoms with Gasteiger partial charge in [0, 0.05) is 30.3 Å². The number of rotatable bonds is 5. The molecule has 0 fully saturated rings. The highest BCUT2D eigenvalue weighted by molar-refractivity contribution is 6.32. The molecule has 2 aromatic rings. The van der Waals surface area contributed by atoms with Gasteiger partial charge in [0.05, 0.1) is 23.8 Å². The van der Waals surface area contributed by atoms with E-state index in [1.807, 2.05) is 6.07 Å². The van der Waals surface area contributed by atoms with E-state index in [2.05, 4.69) is 10.3 Å². The zero-order chi connectivity index (χ0) is 14.5. The molecule has 0 aliphatic heterocycles. The van der Waals surface area contributed by atoms with Gasteiger partial charge in [0.15, 0.2) is 0 Å². The molecule has 0 saturated heterocycles. The van der Waals surface area contributed by atoms with E-state index in [1.165, 1.54) is 7.11 Å². The van der Waals surface area contributed by atoms with E-state index in [0.717, 1.165) is 5.39 Å². The van der Waals surface area contributed by atoms with Gasteiger partial charge in [0.2, 0.25) is 0 Å². The van der Waals surface area contributed by atoms with Crippen molar-refractivity contribution in [1.82, 2.24) is 10.3 Å². The minimum Gasteiger partial charge on any atom is -0.389 e. The molecule has 6 heteroatoms. The SMILES string of the molecule is COCC(O)CNC(=O)c1cc(Cl)cc2cccnc12. The van der Waals surface area contributed by atoms with Gasteiger partial charge in [0.1, 0.15) is 0 Å². The Labute approximate surface area is 121 Å². The summed E-state index contributed by atoms with van der Waals surface area (Å²) in [5.74, 6) is -0.327. The molecule has 0 radical (unpaired) electrons. The number of fused-ring (bicyclic) bond motifs is 1. The second-order valence-corrected chi connectivity index (χ2v) is 4.78. The Morgan fingerprint density at radius 1 is 1.55 bits per heavy atom.